The van der Waals surface area contributed by atoms with Gasteiger partial charge in [0.15, 0.2) is 0 Å². The molecule has 3 saturated carbocycles. The van der Waals surface area contributed by atoms with Crippen LogP contribution in [0.1, 0.15) is 71.3 Å². The molecule has 1 aromatic carbocycles. The molecule has 9 atom stereocenters. The van der Waals surface area contributed by atoms with Gasteiger partial charge in [-0.25, -0.2) is 0 Å². The van der Waals surface area contributed by atoms with Gasteiger partial charge in [0.05, 0.1) is 23.7 Å². The average molecular weight is 503 g/mol. The smallest absolute Gasteiger partial charge is 0.296 e. The molecule has 4 aliphatic carbocycles. The van der Waals surface area contributed by atoms with Crippen molar-refractivity contribution in [3.8, 4) is 0 Å². The van der Waals surface area contributed by atoms with Gasteiger partial charge in [0, 0.05) is 11.8 Å². The van der Waals surface area contributed by atoms with Gasteiger partial charge >= 0.3 is 0 Å². The molecule has 0 aliphatic heterocycles. The van der Waals surface area contributed by atoms with Crippen molar-refractivity contribution in [1.29, 1.82) is 0 Å². The minimum absolute atomic E-state index is 0.155. The fraction of sp³-hybridized carbons (Fsp3) is 0.724. The molecule has 0 aromatic heterocycles. The lowest BCUT2D eigenvalue weighted by Crippen LogP contribution is -2.55. The molecule has 6 heteroatoms. The van der Waals surface area contributed by atoms with Crippen molar-refractivity contribution in [1.82, 2.24) is 0 Å². The fourth-order valence-corrected chi connectivity index (χ4v) is 9.76. The Kier molecular flexibility index (Phi) is 6.52. The normalized spacial score (nSPS) is 41.9. The Morgan fingerprint density at radius 3 is 2.51 bits per heavy atom. The lowest BCUT2D eigenvalue weighted by atomic mass is 9.46. The van der Waals surface area contributed by atoms with Crippen LogP contribution in [0.4, 0.5) is 0 Å². The molecule has 1 aromatic rings. The summed E-state index contributed by atoms with van der Waals surface area (Å²) >= 11 is 0. The van der Waals surface area contributed by atoms with Gasteiger partial charge in [-0.3, -0.25) is 4.18 Å². The Labute approximate surface area is 211 Å². The summed E-state index contributed by atoms with van der Waals surface area (Å²) in [5, 5.41) is 21.4. The van der Waals surface area contributed by atoms with Crippen LogP contribution in [0.15, 0.2) is 40.8 Å². The van der Waals surface area contributed by atoms with Crippen LogP contribution in [0, 0.1) is 47.3 Å². The van der Waals surface area contributed by atoms with E-state index in [0.717, 1.165) is 37.7 Å². The van der Waals surface area contributed by atoms with Gasteiger partial charge in [0.25, 0.3) is 10.1 Å². The zero-order chi connectivity index (χ0) is 25.2. The highest BCUT2D eigenvalue weighted by Crippen LogP contribution is 2.67. The van der Waals surface area contributed by atoms with Crippen molar-refractivity contribution in [2.75, 3.05) is 6.61 Å². The van der Waals surface area contributed by atoms with Crippen LogP contribution in [-0.4, -0.2) is 37.4 Å². The van der Waals surface area contributed by atoms with Crippen LogP contribution in [-0.2, 0) is 14.3 Å². The molecule has 0 spiro atoms. The maximum Gasteiger partial charge on any atom is 0.296 e. The highest BCUT2D eigenvalue weighted by Gasteiger charge is 2.61. The molecule has 0 heterocycles. The summed E-state index contributed by atoms with van der Waals surface area (Å²) in [5.74, 6) is 2.16. The first-order valence-electron chi connectivity index (χ1n) is 13.5. The van der Waals surface area contributed by atoms with Gasteiger partial charge in [0.2, 0.25) is 0 Å². The summed E-state index contributed by atoms with van der Waals surface area (Å²) in [7, 11) is -3.76. The number of fused-ring (bicyclic) bond motifs is 5. The lowest BCUT2D eigenvalue weighted by Gasteiger charge is -2.59. The Balaban J connectivity index is 1.31. The molecular weight excluding hydrogens is 460 g/mol. The molecule has 0 radical (unpaired) electrons. The minimum atomic E-state index is -3.76. The molecule has 35 heavy (non-hydrogen) atoms. The number of hydrogen-bond acceptors (Lipinski definition) is 5. The van der Waals surface area contributed by atoms with Gasteiger partial charge in [-0.1, -0.05) is 50.1 Å². The molecule has 5 rings (SSSR count). The number of aryl methyl sites for hydroxylation is 1. The van der Waals surface area contributed by atoms with Crippen LogP contribution in [0.5, 0.6) is 0 Å². The third-order valence-corrected chi connectivity index (χ3v) is 12.0. The van der Waals surface area contributed by atoms with E-state index in [1.807, 2.05) is 6.92 Å². The molecule has 0 bridgehead atoms. The fourth-order valence-electron chi connectivity index (χ4n) is 8.76. The van der Waals surface area contributed by atoms with E-state index in [4.69, 9.17) is 4.18 Å². The van der Waals surface area contributed by atoms with Crippen LogP contribution in [0.3, 0.4) is 0 Å². The summed E-state index contributed by atoms with van der Waals surface area (Å²) in [6.45, 7) is 8.98. The Bertz CT molecular complexity index is 1080. The zero-order valence-electron chi connectivity index (χ0n) is 21.6. The van der Waals surface area contributed by atoms with Crippen LogP contribution in [0.25, 0.3) is 0 Å². The van der Waals surface area contributed by atoms with E-state index < -0.39 is 22.3 Å². The third kappa shape index (κ3) is 4.13. The van der Waals surface area contributed by atoms with Gasteiger partial charge in [-0.05, 0) is 92.6 Å². The average Bonchev–Trinajstić information content (AvgIpc) is 3.16. The number of allylic oxidation sites excluding steroid dienone is 1. The highest BCUT2D eigenvalue weighted by atomic mass is 32.2. The zero-order valence-corrected chi connectivity index (χ0v) is 22.4. The SMILES string of the molecule is Cc1ccc(S(=O)(=O)OC[C@@H](C)[C@H]2CC[C@H]3[C@@H]4CC=C5CC(O)CC(O)[C@]5(C)[C@H]4CC[C@]23C)cc1. The molecule has 0 amide bonds. The summed E-state index contributed by atoms with van der Waals surface area (Å²) in [5.41, 5.74) is 2.23. The maximum absolute atomic E-state index is 12.8. The Hall–Kier alpha value is -1.21. The van der Waals surface area contributed by atoms with Gasteiger partial charge in [0.1, 0.15) is 0 Å². The number of aliphatic hydroxyl groups excluding tert-OH is 2. The van der Waals surface area contributed by atoms with E-state index in [2.05, 4.69) is 26.8 Å². The van der Waals surface area contributed by atoms with E-state index in [1.54, 1.807) is 24.3 Å². The molecule has 194 valence electrons. The van der Waals surface area contributed by atoms with Crippen molar-refractivity contribution in [3.05, 3.63) is 41.5 Å². The molecule has 2 N–H and O–H groups in total. The van der Waals surface area contributed by atoms with Gasteiger partial charge in [-0.2, -0.15) is 8.42 Å². The molecular formula is C29H42O5S. The predicted octanol–water partition coefficient (Wildman–Crippen LogP) is 5.25. The molecule has 0 saturated heterocycles. The van der Waals surface area contributed by atoms with Gasteiger partial charge < -0.3 is 10.2 Å². The quantitative estimate of drug-likeness (QED) is 0.425. The standard InChI is InChI=1S/C29H42O5S/c1-18-5-8-22(9-6-18)35(32,33)34-17-19(2)24-11-12-25-23-10-7-20-15-21(30)16-27(31)29(20,4)26(23)13-14-28(24,25)3/h5-9,19,21,23-27,30-31H,10-17H2,1-4H3/t19-,21?,23+,24-,25+,26+,27?,28-,29+/m1/s1. The van der Waals surface area contributed by atoms with E-state index in [1.165, 1.54) is 5.57 Å². The van der Waals surface area contributed by atoms with Gasteiger partial charge in [-0.15, -0.1) is 0 Å². The topological polar surface area (TPSA) is 83.8 Å². The number of hydrogen-bond donors (Lipinski definition) is 2. The molecule has 3 fully saturated rings. The minimum Gasteiger partial charge on any atom is -0.393 e. The number of benzene rings is 1. The first-order valence-corrected chi connectivity index (χ1v) is 14.9. The summed E-state index contributed by atoms with van der Waals surface area (Å²) in [6, 6.07) is 6.84. The van der Waals surface area contributed by atoms with Crippen LogP contribution in [0.2, 0.25) is 0 Å². The second kappa shape index (κ2) is 8.97. The van der Waals surface area contributed by atoms with Crippen molar-refractivity contribution in [3.63, 3.8) is 0 Å². The number of rotatable bonds is 5. The molecule has 2 unspecified atom stereocenters. The maximum atomic E-state index is 12.8. The third-order valence-electron chi connectivity index (χ3n) is 10.7. The Morgan fingerprint density at radius 2 is 1.80 bits per heavy atom. The first-order chi connectivity index (χ1) is 16.5. The van der Waals surface area contributed by atoms with Crippen LogP contribution < -0.4 is 0 Å². The number of aliphatic hydroxyl groups is 2. The first kappa shape index (κ1) is 25.4. The molecule has 4 aliphatic rings. The van der Waals surface area contributed by atoms with Crippen LogP contribution >= 0.6 is 0 Å². The molecule has 5 nitrogen and oxygen atoms in total. The van der Waals surface area contributed by atoms with E-state index in [0.29, 0.717) is 36.5 Å². The van der Waals surface area contributed by atoms with Crippen molar-refractivity contribution < 1.29 is 22.8 Å². The summed E-state index contributed by atoms with van der Waals surface area (Å²) in [6.07, 6.45) is 8.11. The predicted molar refractivity (Wildman–Crippen MR) is 136 cm³/mol. The largest absolute Gasteiger partial charge is 0.393 e. The Morgan fingerprint density at radius 1 is 1.09 bits per heavy atom. The van der Waals surface area contributed by atoms with Crippen molar-refractivity contribution >= 4 is 10.1 Å². The van der Waals surface area contributed by atoms with E-state index >= 15 is 0 Å². The second-order valence-corrected chi connectivity index (χ2v) is 14.1. The highest BCUT2D eigenvalue weighted by molar-refractivity contribution is 7.86. The summed E-state index contributed by atoms with van der Waals surface area (Å²) in [4.78, 5) is 0.223. The van der Waals surface area contributed by atoms with E-state index in [9.17, 15) is 18.6 Å². The van der Waals surface area contributed by atoms with Crippen molar-refractivity contribution in [2.45, 2.75) is 89.7 Å². The summed E-state index contributed by atoms with van der Waals surface area (Å²) < 4.78 is 31.1. The lowest BCUT2D eigenvalue weighted by molar-refractivity contribution is -0.108. The van der Waals surface area contributed by atoms with E-state index in [-0.39, 0.29) is 28.3 Å². The monoisotopic (exact) mass is 502 g/mol. The van der Waals surface area contributed by atoms with Crippen molar-refractivity contribution in [2.24, 2.45) is 40.4 Å². The second-order valence-electron chi connectivity index (χ2n) is 12.5.